The van der Waals surface area contributed by atoms with Crippen molar-refractivity contribution in [2.24, 2.45) is 11.7 Å². The quantitative estimate of drug-likeness (QED) is 0.868. The van der Waals surface area contributed by atoms with Gasteiger partial charge >= 0.3 is 0 Å². The van der Waals surface area contributed by atoms with Crippen molar-refractivity contribution in [3.8, 4) is 5.75 Å². The maximum atomic E-state index is 10.4. The normalized spacial score (nSPS) is 15.8. The van der Waals surface area contributed by atoms with Crippen molar-refractivity contribution < 1.29 is 14.3 Å². The molecule has 0 aliphatic carbocycles. The highest BCUT2D eigenvalue weighted by Gasteiger charge is 2.25. The van der Waals surface area contributed by atoms with Crippen LogP contribution < -0.4 is 10.5 Å². The van der Waals surface area contributed by atoms with E-state index in [1.165, 1.54) is 0 Å². The number of ether oxygens (including phenoxy) is 1. The highest BCUT2D eigenvalue weighted by atomic mass is 16.5. The molecule has 1 aromatic carbocycles. The molecule has 0 saturated carbocycles. The average Bonchev–Trinajstić information content (AvgIpc) is 2.99. The number of furan rings is 1. The van der Waals surface area contributed by atoms with Gasteiger partial charge in [0.05, 0.1) is 25.5 Å². The Morgan fingerprint density at radius 3 is 2.42 bits per heavy atom. The lowest BCUT2D eigenvalue weighted by Crippen LogP contribution is -2.24. The number of hydrogen-bond donors (Lipinski definition) is 2. The highest BCUT2D eigenvalue weighted by Crippen LogP contribution is 2.31. The molecule has 0 amide bonds. The molecule has 1 heterocycles. The molecular weight excluding hydrogens is 242 g/mol. The van der Waals surface area contributed by atoms with Gasteiger partial charge in [-0.15, -0.1) is 0 Å². The third-order valence-corrected chi connectivity index (χ3v) is 3.39. The summed E-state index contributed by atoms with van der Waals surface area (Å²) in [6.45, 7) is 1.90. The molecule has 2 aromatic rings. The molecule has 0 saturated heterocycles. The van der Waals surface area contributed by atoms with E-state index in [1.54, 1.807) is 19.4 Å². The van der Waals surface area contributed by atoms with E-state index in [4.69, 9.17) is 14.9 Å². The van der Waals surface area contributed by atoms with Crippen LogP contribution in [0, 0.1) is 5.92 Å². The molecule has 3 atom stereocenters. The molecule has 0 aliphatic heterocycles. The molecule has 1 aromatic heterocycles. The minimum Gasteiger partial charge on any atom is -0.497 e. The Bertz CT molecular complexity index is 493. The van der Waals surface area contributed by atoms with Crippen LogP contribution in [-0.4, -0.2) is 12.2 Å². The van der Waals surface area contributed by atoms with Crippen molar-refractivity contribution in [2.45, 2.75) is 19.1 Å². The second-order valence-corrected chi connectivity index (χ2v) is 4.62. The maximum Gasteiger partial charge on any atom is 0.120 e. The number of rotatable bonds is 5. The lowest BCUT2D eigenvalue weighted by molar-refractivity contribution is 0.0977. The monoisotopic (exact) mass is 261 g/mol. The van der Waals surface area contributed by atoms with Crippen LogP contribution in [0.4, 0.5) is 0 Å². The second kappa shape index (κ2) is 5.91. The Hall–Kier alpha value is -1.78. The molecule has 4 heteroatoms. The van der Waals surface area contributed by atoms with E-state index in [9.17, 15) is 5.11 Å². The van der Waals surface area contributed by atoms with Gasteiger partial charge in [0.15, 0.2) is 0 Å². The van der Waals surface area contributed by atoms with Crippen molar-refractivity contribution in [2.75, 3.05) is 7.11 Å². The Morgan fingerprint density at radius 1 is 1.21 bits per heavy atom. The maximum absolute atomic E-state index is 10.4. The van der Waals surface area contributed by atoms with E-state index in [1.807, 2.05) is 37.3 Å². The van der Waals surface area contributed by atoms with E-state index in [2.05, 4.69) is 0 Å². The van der Waals surface area contributed by atoms with Gasteiger partial charge in [0.25, 0.3) is 0 Å². The Kier molecular flexibility index (Phi) is 4.24. The molecule has 0 aliphatic rings. The van der Waals surface area contributed by atoms with Crippen molar-refractivity contribution in [3.63, 3.8) is 0 Å². The summed E-state index contributed by atoms with van der Waals surface area (Å²) in [5.41, 5.74) is 6.91. The molecular formula is C15H19NO3. The van der Waals surface area contributed by atoms with Gasteiger partial charge in [-0.1, -0.05) is 19.1 Å². The van der Waals surface area contributed by atoms with Gasteiger partial charge in [-0.25, -0.2) is 0 Å². The first kappa shape index (κ1) is 13.6. The van der Waals surface area contributed by atoms with E-state index in [-0.39, 0.29) is 12.0 Å². The van der Waals surface area contributed by atoms with Gasteiger partial charge in [-0.3, -0.25) is 0 Å². The number of aliphatic hydroxyl groups is 1. The minimum atomic E-state index is -0.647. The van der Waals surface area contributed by atoms with Crippen LogP contribution >= 0.6 is 0 Å². The summed E-state index contributed by atoms with van der Waals surface area (Å²) in [6.07, 6.45) is 0.938. The lowest BCUT2D eigenvalue weighted by Gasteiger charge is -2.24. The van der Waals surface area contributed by atoms with Gasteiger partial charge in [0, 0.05) is 5.92 Å². The highest BCUT2D eigenvalue weighted by molar-refractivity contribution is 5.29. The SMILES string of the molecule is COc1ccc([C@@H](O)[C@H](C)[C@H](N)c2ccco2)cc1. The number of methoxy groups -OCH3 is 1. The first-order valence-corrected chi connectivity index (χ1v) is 6.24. The summed E-state index contributed by atoms with van der Waals surface area (Å²) >= 11 is 0. The molecule has 0 bridgehead atoms. The molecule has 4 nitrogen and oxygen atoms in total. The van der Waals surface area contributed by atoms with E-state index in [0.717, 1.165) is 11.3 Å². The van der Waals surface area contributed by atoms with Crippen LogP contribution in [0.2, 0.25) is 0 Å². The summed E-state index contributed by atoms with van der Waals surface area (Å²) in [5.74, 6) is 1.29. The molecule has 3 N–H and O–H groups in total. The van der Waals surface area contributed by atoms with Crippen LogP contribution in [0.3, 0.4) is 0 Å². The average molecular weight is 261 g/mol. The van der Waals surface area contributed by atoms with Crippen molar-refractivity contribution in [1.29, 1.82) is 0 Å². The Labute approximate surface area is 112 Å². The molecule has 0 unspecified atom stereocenters. The molecule has 19 heavy (non-hydrogen) atoms. The zero-order valence-corrected chi connectivity index (χ0v) is 11.1. The fourth-order valence-electron chi connectivity index (χ4n) is 2.04. The smallest absolute Gasteiger partial charge is 0.120 e. The van der Waals surface area contributed by atoms with Crippen molar-refractivity contribution in [1.82, 2.24) is 0 Å². The minimum absolute atomic E-state index is 0.153. The summed E-state index contributed by atoms with van der Waals surface area (Å²) in [5, 5.41) is 10.4. The summed E-state index contributed by atoms with van der Waals surface area (Å²) in [6, 6.07) is 10.6. The number of hydrogen-bond acceptors (Lipinski definition) is 4. The Balaban J connectivity index is 2.11. The van der Waals surface area contributed by atoms with E-state index in [0.29, 0.717) is 5.76 Å². The topological polar surface area (TPSA) is 68.6 Å². The van der Waals surface area contributed by atoms with Gasteiger partial charge < -0.3 is 20.0 Å². The number of nitrogens with two attached hydrogens (primary N) is 1. The van der Waals surface area contributed by atoms with Crippen LogP contribution in [0.5, 0.6) is 5.75 Å². The summed E-state index contributed by atoms with van der Waals surface area (Å²) in [4.78, 5) is 0. The third-order valence-electron chi connectivity index (χ3n) is 3.39. The predicted molar refractivity (Wildman–Crippen MR) is 72.8 cm³/mol. The number of aliphatic hydroxyl groups excluding tert-OH is 1. The zero-order chi connectivity index (χ0) is 13.8. The van der Waals surface area contributed by atoms with Crippen LogP contribution in [0.25, 0.3) is 0 Å². The second-order valence-electron chi connectivity index (χ2n) is 4.62. The van der Waals surface area contributed by atoms with E-state index >= 15 is 0 Å². The lowest BCUT2D eigenvalue weighted by atomic mass is 9.90. The van der Waals surface area contributed by atoms with Gasteiger partial charge in [-0.2, -0.15) is 0 Å². The standard InChI is InChI=1S/C15H19NO3/c1-10(14(16)13-4-3-9-19-13)15(17)11-5-7-12(18-2)8-6-11/h3-10,14-15,17H,16H2,1-2H3/t10-,14+,15+/m1/s1. The van der Waals surface area contributed by atoms with Gasteiger partial charge in [0.2, 0.25) is 0 Å². The third kappa shape index (κ3) is 2.97. The molecule has 0 spiro atoms. The number of benzene rings is 1. The van der Waals surface area contributed by atoms with Gasteiger partial charge in [-0.05, 0) is 29.8 Å². The predicted octanol–water partition coefficient (Wildman–Crippen LogP) is 2.66. The summed E-state index contributed by atoms with van der Waals surface area (Å²) < 4.78 is 10.4. The molecule has 102 valence electrons. The fraction of sp³-hybridized carbons (Fsp3) is 0.333. The fourth-order valence-corrected chi connectivity index (χ4v) is 2.04. The first-order chi connectivity index (χ1) is 9.13. The van der Waals surface area contributed by atoms with Crippen LogP contribution in [0.1, 0.15) is 30.4 Å². The largest absolute Gasteiger partial charge is 0.497 e. The van der Waals surface area contributed by atoms with Crippen LogP contribution in [-0.2, 0) is 0 Å². The van der Waals surface area contributed by atoms with Crippen molar-refractivity contribution >= 4 is 0 Å². The molecule has 2 rings (SSSR count). The summed E-state index contributed by atoms with van der Waals surface area (Å²) in [7, 11) is 1.61. The zero-order valence-electron chi connectivity index (χ0n) is 11.1. The Morgan fingerprint density at radius 2 is 1.89 bits per heavy atom. The van der Waals surface area contributed by atoms with E-state index < -0.39 is 6.10 Å². The molecule has 0 radical (unpaired) electrons. The van der Waals surface area contributed by atoms with Crippen LogP contribution in [0.15, 0.2) is 47.1 Å². The van der Waals surface area contributed by atoms with Crippen molar-refractivity contribution in [3.05, 3.63) is 54.0 Å². The molecule has 0 fully saturated rings. The van der Waals surface area contributed by atoms with Gasteiger partial charge in [0.1, 0.15) is 11.5 Å². The first-order valence-electron chi connectivity index (χ1n) is 6.24.